The molecule has 0 spiro atoms. The van der Waals surface area contributed by atoms with Crippen LogP contribution in [-0.2, 0) is 11.2 Å². The van der Waals surface area contributed by atoms with Gasteiger partial charge in [0.25, 0.3) is 0 Å². The number of aryl methyl sites for hydroxylation is 1. The monoisotopic (exact) mass is 442 g/mol. The lowest BCUT2D eigenvalue weighted by Crippen LogP contribution is -2.55. The molecule has 0 saturated carbocycles. The Balaban J connectivity index is 1.54. The van der Waals surface area contributed by atoms with Crippen molar-refractivity contribution < 1.29 is 9.53 Å². The Morgan fingerprint density at radius 3 is 2.15 bits per heavy atom. The van der Waals surface area contributed by atoms with Crippen molar-refractivity contribution in [2.45, 2.75) is 39.2 Å². The minimum absolute atomic E-state index is 0.00423. The van der Waals surface area contributed by atoms with Crippen LogP contribution in [0, 0.1) is 5.92 Å². The van der Waals surface area contributed by atoms with Gasteiger partial charge in [0.05, 0.1) is 19.1 Å². The summed E-state index contributed by atoms with van der Waals surface area (Å²) in [6.45, 7) is 6.26. The minimum Gasteiger partial charge on any atom is -0.497 e. The molecule has 3 aromatic carbocycles. The number of ether oxygens (including phenoxy) is 1. The van der Waals surface area contributed by atoms with Crippen LogP contribution in [0.4, 0.5) is 11.4 Å². The molecule has 33 heavy (non-hydrogen) atoms. The summed E-state index contributed by atoms with van der Waals surface area (Å²) in [4.78, 5) is 17.6. The number of hydrogen-bond acceptors (Lipinski definition) is 3. The quantitative estimate of drug-likeness (QED) is 0.347. The number of carbonyl (C=O) groups is 1. The number of methoxy groups -OCH3 is 1. The van der Waals surface area contributed by atoms with Gasteiger partial charge in [0.1, 0.15) is 5.75 Å². The van der Waals surface area contributed by atoms with Crippen LogP contribution in [0.5, 0.6) is 5.75 Å². The second kappa shape index (κ2) is 10.6. The zero-order valence-corrected chi connectivity index (χ0v) is 19.9. The van der Waals surface area contributed by atoms with E-state index in [9.17, 15) is 4.79 Å². The zero-order valence-electron chi connectivity index (χ0n) is 19.9. The van der Waals surface area contributed by atoms with Crippen molar-refractivity contribution in [1.82, 2.24) is 0 Å². The lowest BCUT2D eigenvalue weighted by atomic mass is 9.78. The van der Waals surface area contributed by atoms with Gasteiger partial charge in [0, 0.05) is 24.5 Å². The minimum atomic E-state index is 0.00423. The number of carbonyl (C=O) groups excluding carboxylic acids is 1. The maximum absolute atomic E-state index is 13.3. The maximum Gasteiger partial charge on any atom is 0.233 e. The number of amides is 1. The molecule has 1 amide bonds. The van der Waals surface area contributed by atoms with Gasteiger partial charge in [-0.1, -0.05) is 42.5 Å². The van der Waals surface area contributed by atoms with Gasteiger partial charge >= 0.3 is 0 Å². The molecule has 0 aliphatic carbocycles. The molecule has 4 heteroatoms. The SMILES string of the molecule is CCN(CC)c1ccc(N2C(=O)[C@H](CCCc3ccccc3)[C@H]2c2ccc(OC)cc2)cc1. The van der Waals surface area contributed by atoms with Gasteiger partial charge in [-0.3, -0.25) is 4.79 Å². The summed E-state index contributed by atoms with van der Waals surface area (Å²) >= 11 is 0. The van der Waals surface area contributed by atoms with E-state index in [0.29, 0.717) is 0 Å². The van der Waals surface area contributed by atoms with Crippen molar-refractivity contribution in [3.8, 4) is 5.75 Å². The molecule has 1 saturated heterocycles. The van der Waals surface area contributed by atoms with E-state index in [2.05, 4.69) is 79.4 Å². The normalized spacial score (nSPS) is 17.5. The van der Waals surface area contributed by atoms with Gasteiger partial charge in [-0.15, -0.1) is 0 Å². The average molecular weight is 443 g/mol. The fraction of sp³-hybridized carbons (Fsp3) is 0.345. The Labute approximate surface area is 197 Å². The molecule has 1 heterocycles. The van der Waals surface area contributed by atoms with Gasteiger partial charge in [-0.05, 0) is 80.6 Å². The molecule has 0 unspecified atom stereocenters. The number of rotatable bonds is 10. The fourth-order valence-corrected chi connectivity index (χ4v) is 4.88. The van der Waals surface area contributed by atoms with Crippen LogP contribution in [0.25, 0.3) is 0 Å². The largest absolute Gasteiger partial charge is 0.497 e. The molecule has 0 N–H and O–H groups in total. The molecule has 3 aromatic rings. The van der Waals surface area contributed by atoms with Crippen molar-refractivity contribution in [3.63, 3.8) is 0 Å². The highest BCUT2D eigenvalue weighted by molar-refractivity contribution is 6.03. The molecule has 172 valence electrons. The van der Waals surface area contributed by atoms with Gasteiger partial charge < -0.3 is 14.5 Å². The van der Waals surface area contributed by atoms with Gasteiger partial charge in [0.2, 0.25) is 5.91 Å². The molecular formula is C29H34N2O2. The molecule has 0 radical (unpaired) electrons. The molecule has 1 aliphatic rings. The van der Waals surface area contributed by atoms with Gasteiger partial charge in [-0.2, -0.15) is 0 Å². The van der Waals surface area contributed by atoms with Crippen LogP contribution in [-0.4, -0.2) is 26.1 Å². The van der Waals surface area contributed by atoms with Crippen LogP contribution in [0.15, 0.2) is 78.9 Å². The summed E-state index contributed by atoms with van der Waals surface area (Å²) < 4.78 is 5.35. The molecule has 1 aliphatic heterocycles. The smallest absolute Gasteiger partial charge is 0.233 e. The van der Waals surface area contributed by atoms with E-state index in [1.165, 1.54) is 11.3 Å². The van der Waals surface area contributed by atoms with E-state index in [0.717, 1.165) is 49.4 Å². The van der Waals surface area contributed by atoms with Crippen molar-refractivity contribution in [2.24, 2.45) is 5.92 Å². The van der Waals surface area contributed by atoms with Crippen LogP contribution in [0.3, 0.4) is 0 Å². The third kappa shape index (κ3) is 4.90. The number of benzene rings is 3. The third-order valence-electron chi connectivity index (χ3n) is 6.75. The van der Waals surface area contributed by atoms with E-state index in [-0.39, 0.29) is 17.9 Å². The fourth-order valence-electron chi connectivity index (χ4n) is 4.88. The van der Waals surface area contributed by atoms with E-state index in [4.69, 9.17) is 4.74 Å². The zero-order chi connectivity index (χ0) is 23.2. The van der Waals surface area contributed by atoms with E-state index in [1.54, 1.807) is 7.11 Å². The summed E-state index contributed by atoms with van der Waals surface area (Å²) in [5.41, 5.74) is 4.65. The van der Waals surface area contributed by atoms with E-state index >= 15 is 0 Å². The molecule has 0 aromatic heterocycles. The van der Waals surface area contributed by atoms with Crippen LogP contribution in [0.1, 0.15) is 43.9 Å². The van der Waals surface area contributed by atoms with Crippen LogP contribution < -0.4 is 14.5 Å². The Hall–Kier alpha value is -3.27. The lowest BCUT2D eigenvalue weighted by molar-refractivity contribution is -0.130. The summed E-state index contributed by atoms with van der Waals surface area (Å²) in [5.74, 6) is 1.06. The lowest BCUT2D eigenvalue weighted by Gasteiger charge is -2.48. The Kier molecular flexibility index (Phi) is 7.33. The summed E-state index contributed by atoms with van der Waals surface area (Å²) in [7, 11) is 1.68. The van der Waals surface area contributed by atoms with E-state index in [1.807, 2.05) is 23.1 Å². The van der Waals surface area contributed by atoms with Gasteiger partial charge in [-0.25, -0.2) is 0 Å². The number of nitrogens with zero attached hydrogens (tertiary/aromatic N) is 2. The molecule has 4 nitrogen and oxygen atoms in total. The average Bonchev–Trinajstić information content (AvgIpc) is 2.87. The van der Waals surface area contributed by atoms with Gasteiger partial charge in [0.15, 0.2) is 0 Å². The first-order valence-corrected chi connectivity index (χ1v) is 12.0. The molecule has 0 bridgehead atoms. The van der Waals surface area contributed by atoms with Crippen molar-refractivity contribution in [3.05, 3.63) is 90.0 Å². The highest BCUT2D eigenvalue weighted by Gasteiger charge is 2.48. The Bertz CT molecular complexity index is 1030. The number of β-lactam (4-membered cyclic amide) rings is 1. The standard InChI is InChI=1S/C29H34N2O2/c1-4-30(5-2)24-16-18-25(19-17-24)31-28(23-14-20-26(33-3)21-15-23)27(29(31)32)13-9-12-22-10-7-6-8-11-22/h6-8,10-11,14-21,27-28H,4-5,9,12-13H2,1-3H3/t27-,28-/m1/s1. The number of anilines is 2. The van der Waals surface area contributed by atoms with Crippen LogP contribution in [0.2, 0.25) is 0 Å². The first-order chi connectivity index (χ1) is 16.2. The highest BCUT2D eigenvalue weighted by atomic mass is 16.5. The summed E-state index contributed by atoms with van der Waals surface area (Å²) in [5, 5.41) is 0. The second-order valence-electron chi connectivity index (χ2n) is 8.60. The second-order valence-corrected chi connectivity index (χ2v) is 8.60. The molecular weight excluding hydrogens is 408 g/mol. The first-order valence-electron chi connectivity index (χ1n) is 12.0. The molecule has 4 rings (SSSR count). The predicted octanol–water partition coefficient (Wildman–Crippen LogP) is 6.27. The molecule has 2 atom stereocenters. The molecule has 1 fully saturated rings. The van der Waals surface area contributed by atoms with Crippen molar-refractivity contribution in [1.29, 1.82) is 0 Å². The topological polar surface area (TPSA) is 32.8 Å². The summed E-state index contributed by atoms with van der Waals surface area (Å²) in [6, 6.07) is 27.2. The predicted molar refractivity (Wildman–Crippen MR) is 136 cm³/mol. The maximum atomic E-state index is 13.3. The van der Waals surface area contributed by atoms with Crippen molar-refractivity contribution >= 4 is 17.3 Å². The Morgan fingerprint density at radius 2 is 1.55 bits per heavy atom. The highest BCUT2D eigenvalue weighted by Crippen LogP contribution is 2.46. The Morgan fingerprint density at radius 1 is 0.879 bits per heavy atom. The van der Waals surface area contributed by atoms with E-state index < -0.39 is 0 Å². The van der Waals surface area contributed by atoms with Crippen molar-refractivity contribution in [2.75, 3.05) is 30.0 Å². The summed E-state index contributed by atoms with van der Waals surface area (Å²) in [6.07, 6.45) is 2.89. The van der Waals surface area contributed by atoms with Crippen LogP contribution >= 0.6 is 0 Å². The third-order valence-corrected chi connectivity index (χ3v) is 6.75. The first kappa shape index (κ1) is 22.9. The number of hydrogen-bond donors (Lipinski definition) is 0.